The summed E-state index contributed by atoms with van der Waals surface area (Å²) in [6, 6.07) is 7.03. The Bertz CT molecular complexity index is 508. The lowest BCUT2D eigenvalue weighted by atomic mass is 9.92. The second-order valence-corrected chi connectivity index (χ2v) is 5.48. The molecule has 4 nitrogen and oxygen atoms in total. The van der Waals surface area contributed by atoms with Crippen LogP contribution < -0.4 is 5.73 Å². The molecule has 1 aromatic rings. The van der Waals surface area contributed by atoms with Crippen LogP contribution in [0.4, 0.5) is 5.69 Å². The van der Waals surface area contributed by atoms with Gasteiger partial charge in [-0.25, -0.2) is 0 Å². The molecule has 0 saturated carbocycles. The average molecular weight is 246 g/mol. The number of nitrogens with two attached hydrogens (primary N) is 1. The molecule has 0 aliphatic carbocycles. The number of imide groups is 1. The van der Waals surface area contributed by atoms with Crippen LogP contribution in [0.2, 0.25) is 0 Å². The summed E-state index contributed by atoms with van der Waals surface area (Å²) in [6.07, 6.45) is 0.276. The fraction of sp³-hybridized carbons (Fsp3) is 0.429. The quantitative estimate of drug-likeness (QED) is 0.642. The molecular weight excluding hydrogens is 228 g/mol. The Kier molecular flexibility index (Phi) is 2.89. The molecule has 96 valence electrons. The minimum Gasteiger partial charge on any atom is -0.399 e. The zero-order valence-corrected chi connectivity index (χ0v) is 10.9. The second-order valence-electron chi connectivity index (χ2n) is 5.48. The SMILES string of the molecule is CC(c1cccc(N)c1)N1C(=O)CC(C)(C)C1=O. The van der Waals surface area contributed by atoms with E-state index in [2.05, 4.69) is 0 Å². The fourth-order valence-corrected chi connectivity index (χ4v) is 2.34. The van der Waals surface area contributed by atoms with Crippen molar-refractivity contribution in [1.29, 1.82) is 0 Å². The summed E-state index contributed by atoms with van der Waals surface area (Å²) in [7, 11) is 0. The monoisotopic (exact) mass is 246 g/mol. The van der Waals surface area contributed by atoms with Crippen molar-refractivity contribution in [2.45, 2.75) is 33.2 Å². The highest BCUT2D eigenvalue weighted by molar-refractivity contribution is 6.05. The summed E-state index contributed by atoms with van der Waals surface area (Å²) in [5.41, 5.74) is 6.66. The van der Waals surface area contributed by atoms with Crippen LogP contribution in [0.3, 0.4) is 0 Å². The highest BCUT2D eigenvalue weighted by Crippen LogP contribution is 2.37. The van der Waals surface area contributed by atoms with Crippen molar-refractivity contribution < 1.29 is 9.59 Å². The van der Waals surface area contributed by atoms with Gasteiger partial charge in [0.05, 0.1) is 11.5 Å². The Morgan fingerprint density at radius 3 is 2.50 bits per heavy atom. The minimum atomic E-state index is -0.592. The topological polar surface area (TPSA) is 63.4 Å². The molecule has 1 saturated heterocycles. The molecule has 2 N–H and O–H groups in total. The van der Waals surface area contributed by atoms with E-state index in [0.717, 1.165) is 5.56 Å². The van der Waals surface area contributed by atoms with Gasteiger partial charge >= 0.3 is 0 Å². The molecule has 1 aromatic carbocycles. The Hall–Kier alpha value is -1.84. The number of anilines is 1. The van der Waals surface area contributed by atoms with Crippen LogP contribution in [0.1, 0.15) is 38.8 Å². The van der Waals surface area contributed by atoms with Crippen LogP contribution in [0, 0.1) is 5.41 Å². The molecule has 2 rings (SSSR count). The number of hydrogen-bond donors (Lipinski definition) is 1. The molecule has 2 amide bonds. The first-order chi connectivity index (χ1) is 8.33. The first kappa shape index (κ1) is 12.6. The largest absolute Gasteiger partial charge is 0.399 e. The minimum absolute atomic E-state index is 0.109. The first-order valence-electron chi connectivity index (χ1n) is 6.05. The molecule has 0 aromatic heterocycles. The van der Waals surface area contributed by atoms with Crippen LogP contribution in [0.15, 0.2) is 24.3 Å². The molecule has 1 fully saturated rings. The second kappa shape index (κ2) is 4.12. The number of benzene rings is 1. The highest BCUT2D eigenvalue weighted by Gasteiger charge is 2.46. The van der Waals surface area contributed by atoms with Crippen LogP contribution in [0.5, 0.6) is 0 Å². The van der Waals surface area contributed by atoms with E-state index < -0.39 is 5.41 Å². The zero-order valence-electron chi connectivity index (χ0n) is 10.9. The molecule has 1 atom stereocenters. The third-order valence-electron chi connectivity index (χ3n) is 3.44. The molecule has 1 aliphatic rings. The predicted molar refractivity (Wildman–Crippen MR) is 69.5 cm³/mol. The number of carbonyl (C=O) groups is 2. The Morgan fingerprint density at radius 2 is 2.00 bits per heavy atom. The van der Waals surface area contributed by atoms with Crippen molar-refractivity contribution >= 4 is 17.5 Å². The van der Waals surface area contributed by atoms with Crippen LogP contribution in [-0.4, -0.2) is 16.7 Å². The Morgan fingerprint density at radius 1 is 1.33 bits per heavy atom. The number of hydrogen-bond acceptors (Lipinski definition) is 3. The Labute approximate surface area is 107 Å². The van der Waals surface area contributed by atoms with Crippen molar-refractivity contribution in [2.75, 3.05) is 5.73 Å². The number of nitrogens with zero attached hydrogens (tertiary/aromatic N) is 1. The van der Waals surface area contributed by atoms with E-state index in [9.17, 15) is 9.59 Å². The first-order valence-corrected chi connectivity index (χ1v) is 6.05. The van der Waals surface area contributed by atoms with E-state index in [-0.39, 0.29) is 24.3 Å². The zero-order chi connectivity index (χ0) is 13.5. The summed E-state index contributed by atoms with van der Waals surface area (Å²) in [4.78, 5) is 25.5. The number of carbonyl (C=O) groups excluding carboxylic acids is 2. The third kappa shape index (κ3) is 1.98. The maximum Gasteiger partial charge on any atom is 0.235 e. The van der Waals surface area contributed by atoms with Gasteiger partial charge in [-0.15, -0.1) is 0 Å². The number of amides is 2. The van der Waals surface area contributed by atoms with Crippen LogP contribution in [0.25, 0.3) is 0 Å². The van der Waals surface area contributed by atoms with Gasteiger partial charge in [-0.3, -0.25) is 14.5 Å². The number of nitrogen functional groups attached to an aromatic ring is 1. The summed E-state index contributed by atoms with van der Waals surface area (Å²) < 4.78 is 0. The lowest BCUT2D eigenvalue weighted by molar-refractivity contribution is -0.143. The molecule has 1 heterocycles. The van der Waals surface area contributed by atoms with Gasteiger partial charge in [-0.1, -0.05) is 26.0 Å². The van der Waals surface area contributed by atoms with Crippen LogP contribution >= 0.6 is 0 Å². The van der Waals surface area contributed by atoms with Crippen LogP contribution in [-0.2, 0) is 9.59 Å². The summed E-state index contributed by atoms with van der Waals surface area (Å²) >= 11 is 0. The summed E-state index contributed by atoms with van der Waals surface area (Å²) in [5.74, 6) is -0.220. The van der Waals surface area contributed by atoms with E-state index in [0.29, 0.717) is 5.69 Å². The van der Waals surface area contributed by atoms with Gasteiger partial charge in [-0.2, -0.15) is 0 Å². The normalized spacial score (nSPS) is 20.3. The van der Waals surface area contributed by atoms with Crippen molar-refractivity contribution in [3.05, 3.63) is 29.8 Å². The molecule has 18 heavy (non-hydrogen) atoms. The molecule has 0 radical (unpaired) electrons. The van der Waals surface area contributed by atoms with Gasteiger partial charge in [0.2, 0.25) is 11.8 Å². The molecular formula is C14H18N2O2. The fourth-order valence-electron chi connectivity index (χ4n) is 2.34. The average Bonchev–Trinajstić information content (AvgIpc) is 2.47. The summed E-state index contributed by atoms with van der Waals surface area (Å²) in [6.45, 7) is 5.46. The highest BCUT2D eigenvalue weighted by atomic mass is 16.2. The third-order valence-corrected chi connectivity index (χ3v) is 3.44. The molecule has 1 unspecified atom stereocenters. The molecule has 0 bridgehead atoms. The lowest BCUT2D eigenvalue weighted by Crippen LogP contribution is -2.35. The van der Waals surface area contributed by atoms with Gasteiger partial charge < -0.3 is 5.73 Å². The van der Waals surface area contributed by atoms with Gasteiger partial charge in [0.1, 0.15) is 0 Å². The molecule has 1 aliphatic heterocycles. The van der Waals surface area contributed by atoms with E-state index in [1.165, 1.54) is 4.90 Å². The maximum atomic E-state index is 12.2. The Balaban J connectivity index is 2.32. The maximum absolute atomic E-state index is 12.2. The van der Waals surface area contributed by atoms with Crippen molar-refractivity contribution in [1.82, 2.24) is 4.90 Å². The van der Waals surface area contributed by atoms with Gasteiger partial charge in [0.15, 0.2) is 0 Å². The van der Waals surface area contributed by atoms with Gasteiger partial charge in [0, 0.05) is 12.1 Å². The number of rotatable bonds is 2. The summed E-state index contributed by atoms with van der Waals surface area (Å²) in [5, 5.41) is 0. The molecule has 0 spiro atoms. The van der Waals surface area contributed by atoms with Crippen molar-refractivity contribution in [3.8, 4) is 0 Å². The van der Waals surface area contributed by atoms with Gasteiger partial charge in [0.25, 0.3) is 0 Å². The van der Waals surface area contributed by atoms with E-state index >= 15 is 0 Å². The predicted octanol–water partition coefficient (Wildman–Crippen LogP) is 2.11. The molecule has 4 heteroatoms. The van der Waals surface area contributed by atoms with Gasteiger partial charge in [-0.05, 0) is 24.6 Å². The lowest BCUT2D eigenvalue weighted by Gasteiger charge is -2.25. The smallest absolute Gasteiger partial charge is 0.235 e. The van der Waals surface area contributed by atoms with E-state index in [1.54, 1.807) is 26.0 Å². The standard InChI is InChI=1S/C14H18N2O2/c1-9(10-5-4-6-11(15)7-10)16-12(17)8-14(2,3)13(16)18/h4-7,9H,8,15H2,1-3H3. The van der Waals surface area contributed by atoms with Crippen molar-refractivity contribution in [2.24, 2.45) is 5.41 Å². The van der Waals surface area contributed by atoms with E-state index in [4.69, 9.17) is 5.73 Å². The number of likely N-dealkylation sites (tertiary alicyclic amines) is 1. The van der Waals surface area contributed by atoms with E-state index in [1.807, 2.05) is 19.1 Å². The van der Waals surface area contributed by atoms with Crippen molar-refractivity contribution in [3.63, 3.8) is 0 Å².